The molecule has 2 rings (SSSR count). The highest BCUT2D eigenvalue weighted by Gasteiger charge is 2.12. The van der Waals surface area contributed by atoms with E-state index in [2.05, 4.69) is 0 Å². The van der Waals surface area contributed by atoms with Crippen LogP contribution in [0.5, 0.6) is 5.75 Å². The van der Waals surface area contributed by atoms with Crippen molar-refractivity contribution < 1.29 is 10.2 Å². The standard InChI is InChI=1S/C10H10O2S2/c1-13-10-6-3-2-4-7(12)9(6)14-8(10)5-11/h2-4,11-12H,5H2,1H3. The second-order valence-electron chi connectivity index (χ2n) is 2.87. The summed E-state index contributed by atoms with van der Waals surface area (Å²) in [5.74, 6) is 0.294. The Morgan fingerprint density at radius 2 is 2.21 bits per heavy atom. The molecule has 2 nitrogen and oxygen atoms in total. The van der Waals surface area contributed by atoms with Crippen molar-refractivity contribution in [2.24, 2.45) is 0 Å². The molecule has 0 fully saturated rings. The number of aliphatic hydroxyl groups is 1. The number of benzene rings is 1. The van der Waals surface area contributed by atoms with Gasteiger partial charge in [-0.25, -0.2) is 0 Å². The smallest absolute Gasteiger partial charge is 0.133 e. The summed E-state index contributed by atoms with van der Waals surface area (Å²) in [6, 6.07) is 5.46. The lowest BCUT2D eigenvalue weighted by molar-refractivity contribution is 0.283. The number of thiophene rings is 1. The lowest BCUT2D eigenvalue weighted by Crippen LogP contribution is -1.77. The third-order valence-corrected chi connectivity index (χ3v) is 4.28. The van der Waals surface area contributed by atoms with E-state index >= 15 is 0 Å². The van der Waals surface area contributed by atoms with Gasteiger partial charge in [0.15, 0.2) is 0 Å². The van der Waals surface area contributed by atoms with E-state index in [1.807, 2.05) is 18.4 Å². The Bertz CT molecular complexity index is 462. The first-order valence-corrected chi connectivity index (χ1v) is 6.20. The first-order valence-electron chi connectivity index (χ1n) is 4.16. The van der Waals surface area contributed by atoms with Gasteiger partial charge in [-0.15, -0.1) is 23.1 Å². The SMILES string of the molecule is CSc1c(CO)sc2c(O)cccc12. The van der Waals surface area contributed by atoms with Crippen molar-refractivity contribution in [2.45, 2.75) is 11.5 Å². The van der Waals surface area contributed by atoms with Crippen molar-refractivity contribution >= 4 is 33.2 Å². The summed E-state index contributed by atoms with van der Waals surface area (Å²) in [5.41, 5.74) is 0. The van der Waals surface area contributed by atoms with E-state index in [1.165, 1.54) is 11.3 Å². The minimum absolute atomic E-state index is 0.0367. The summed E-state index contributed by atoms with van der Waals surface area (Å²) in [6.45, 7) is 0.0367. The van der Waals surface area contributed by atoms with Crippen molar-refractivity contribution in [3.8, 4) is 5.75 Å². The Labute approximate surface area is 90.2 Å². The fraction of sp³-hybridized carbons (Fsp3) is 0.200. The largest absolute Gasteiger partial charge is 0.506 e. The van der Waals surface area contributed by atoms with Crippen molar-refractivity contribution in [2.75, 3.05) is 6.26 Å². The van der Waals surface area contributed by atoms with Crippen LogP contribution in [0.15, 0.2) is 23.1 Å². The molecule has 0 spiro atoms. The first-order chi connectivity index (χ1) is 6.77. The Kier molecular flexibility index (Phi) is 2.67. The minimum Gasteiger partial charge on any atom is -0.506 e. The third kappa shape index (κ3) is 1.39. The number of phenolic OH excluding ortho intramolecular Hbond substituents is 1. The van der Waals surface area contributed by atoms with Crippen LogP contribution in [0, 0.1) is 0 Å². The molecule has 0 saturated heterocycles. The highest BCUT2D eigenvalue weighted by molar-refractivity contribution is 7.99. The van der Waals surface area contributed by atoms with E-state index in [4.69, 9.17) is 5.11 Å². The van der Waals surface area contributed by atoms with Gasteiger partial charge in [-0.05, 0) is 12.3 Å². The van der Waals surface area contributed by atoms with E-state index in [0.717, 1.165) is 19.9 Å². The van der Waals surface area contributed by atoms with E-state index in [9.17, 15) is 5.11 Å². The van der Waals surface area contributed by atoms with E-state index in [0.29, 0.717) is 5.75 Å². The summed E-state index contributed by atoms with van der Waals surface area (Å²) >= 11 is 3.06. The molecule has 0 saturated carbocycles. The van der Waals surface area contributed by atoms with E-state index in [1.54, 1.807) is 17.8 Å². The van der Waals surface area contributed by atoms with Crippen LogP contribution in [-0.4, -0.2) is 16.5 Å². The van der Waals surface area contributed by atoms with Gasteiger partial charge in [0.25, 0.3) is 0 Å². The molecular formula is C10H10O2S2. The number of thioether (sulfide) groups is 1. The molecule has 14 heavy (non-hydrogen) atoms. The number of hydrogen-bond acceptors (Lipinski definition) is 4. The molecule has 0 aliphatic rings. The highest BCUT2D eigenvalue weighted by atomic mass is 32.2. The Morgan fingerprint density at radius 3 is 2.86 bits per heavy atom. The third-order valence-electron chi connectivity index (χ3n) is 2.07. The van der Waals surface area contributed by atoms with Crippen LogP contribution >= 0.6 is 23.1 Å². The lowest BCUT2D eigenvalue weighted by Gasteiger charge is -1.96. The predicted octanol–water partition coefficient (Wildman–Crippen LogP) is 2.82. The molecule has 1 heterocycles. The van der Waals surface area contributed by atoms with Gasteiger partial charge in [0.2, 0.25) is 0 Å². The summed E-state index contributed by atoms with van der Waals surface area (Å²) in [6.07, 6.45) is 1.98. The molecule has 2 aromatic rings. The van der Waals surface area contributed by atoms with Gasteiger partial charge in [0.05, 0.1) is 11.3 Å². The van der Waals surface area contributed by atoms with Gasteiger partial charge in [-0.3, -0.25) is 0 Å². The van der Waals surface area contributed by atoms with Crippen LogP contribution in [0.25, 0.3) is 10.1 Å². The molecule has 1 aromatic heterocycles. The maximum atomic E-state index is 9.62. The van der Waals surface area contributed by atoms with Crippen LogP contribution in [0.1, 0.15) is 4.88 Å². The van der Waals surface area contributed by atoms with Crippen molar-refractivity contribution in [1.29, 1.82) is 0 Å². The van der Waals surface area contributed by atoms with Crippen molar-refractivity contribution in [3.05, 3.63) is 23.1 Å². The molecule has 0 radical (unpaired) electrons. The highest BCUT2D eigenvalue weighted by Crippen LogP contribution is 2.41. The number of hydrogen-bond donors (Lipinski definition) is 2. The average molecular weight is 226 g/mol. The molecule has 74 valence electrons. The van der Waals surface area contributed by atoms with Crippen LogP contribution in [0.2, 0.25) is 0 Å². The maximum absolute atomic E-state index is 9.62. The van der Waals surface area contributed by atoms with Crippen LogP contribution < -0.4 is 0 Å². The second kappa shape index (κ2) is 3.81. The Balaban J connectivity index is 2.79. The zero-order valence-corrected chi connectivity index (χ0v) is 9.28. The molecule has 0 aliphatic carbocycles. The Hall–Kier alpha value is -0.710. The summed E-state index contributed by atoms with van der Waals surface area (Å²) in [4.78, 5) is 2.00. The Morgan fingerprint density at radius 1 is 1.43 bits per heavy atom. The molecule has 2 N–H and O–H groups in total. The number of rotatable bonds is 2. The van der Waals surface area contributed by atoms with Crippen LogP contribution in [0.3, 0.4) is 0 Å². The lowest BCUT2D eigenvalue weighted by atomic mass is 10.2. The molecule has 4 heteroatoms. The fourth-order valence-corrected chi connectivity index (χ4v) is 3.55. The molecule has 0 unspecified atom stereocenters. The van der Waals surface area contributed by atoms with Crippen molar-refractivity contribution in [3.63, 3.8) is 0 Å². The van der Waals surface area contributed by atoms with Crippen molar-refractivity contribution in [1.82, 2.24) is 0 Å². The zero-order chi connectivity index (χ0) is 10.1. The van der Waals surface area contributed by atoms with Gasteiger partial charge in [0.1, 0.15) is 5.75 Å². The summed E-state index contributed by atoms with van der Waals surface area (Å²) in [7, 11) is 0. The molecule has 0 bridgehead atoms. The number of aromatic hydroxyl groups is 1. The molecule has 1 aromatic carbocycles. The average Bonchev–Trinajstić information content (AvgIpc) is 2.57. The van der Waals surface area contributed by atoms with Gasteiger partial charge in [-0.1, -0.05) is 12.1 Å². The van der Waals surface area contributed by atoms with Gasteiger partial charge in [0, 0.05) is 15.2 Å². The topological polar surface area (TPSA) is 40.5 Å². The molecule has 0 amide bonds. The van der Waals surface area contributed by atoms with Gasteiger partial charge < -0.3 is 10.2 Å². The van der Waals surface area contributed by atoms with Gasteiger partial charge >= 0.3 is 0 Å². The van der Waals surface area contributed by atoms with E-state index in [-0.39, 0.29) is 6.61 Å². The van der Waals surface area contributed by atoms with Crippen LogP contribution in [0.4, 0.5) is 0 Å². The summed E-state index contributed by atoms with van der Waals surface area (Å²) < 4.78 is 0.862. The van der Waals surface area contributed by atoms with E-state index < -0.39 is 0 Å². The second-order valence-corrected chi connectivity index (χ2v) is 4.79. The summed E-state index contributed by atoms with van der Waals surface area (Å²) in [5, 5.41) is 19.8. The molecule has 0 aliphatic heterocycles. The maximum Gasteiger partial charge on any atom is 0.133 e. The number of aliphatic hydroxyl groups excluding tert-OH is 1. The monoisotopic (exact) mass is 226 g/mol. The fourth-order valence-electron chi connectivity index (χ4n) is 1.46. The number of phenols is 1. The van der Waals surface area contributed by atoms with Gasteiger partial charge in [-0.2, -0.15) is 0 Å². The number of fused-ring (bicyclic) bond motifs is 1. The molecule has 0 atom stereocenters. The molecular weight excluding hydrogens is 216 g/mol. The zero-order valence-electron chi connectivity index (χ0n) is 7.65. The van der Waals surface area contributed by atoms with Crippen LogP contribution in [-0.2, 0) is 6.61 Å². The predicted molar refractivity (Wildman–Crippen MR) is 61.2 cm³/mol. The minimum atomic E-state index is 0.0367. The quantitative estimate of drug-likeness (QED) is 0.774. The normalized spacial score (nSPS) is 11.0. The first kappa shape index (κ1) is 9.83.